The Morgan fingerprint density at radius 1 is 0.282 bits per heavy atom. The maximum atomic E-state index is 2.32. The molecule has 0 fully saturated rings. The molecule has 0 aliphatic heterocycles. The number of hydrogen-bond acceptors (Lipinski definition) is 0. The van der Waals surface area contributed by atoms with Gasteiger partial charge in [-0.05, 0) is 47.9 Å². The van der Waals surface area contributed by atoms with Gasteiger partial charge in [0.25, 0.3) is 0 Å². The fraction of sp³-hybridized carbons (Fsp3) is 0.167. The summed E-state index contributed by atoms with van der Waals surface area (Å²) in [6, 6.07) is 87.0. The molecule has 78 heavy (non-hydrogen) atoms. The number of rotatable bonds is 8. The maximum absolute atomic E-state index is 2.32. The minimum absolute atomic E-state index is 0. The topological polar surface area (TPSA) is 0 Å². The molecule has 0 radical (unpaired) electrons. The Kier molecular flexibility index (Phi) is 26.6. The molecule has 0 atom stereocenters. The van der Waals surface area contributed by atoms with E-state index in [1.165, 1.54) is 110 Å². The maximum Gasteiger partial charge on any atom is -1.00 e. The van der Waals surface area contributed by atoms with E-state index in [9.17, 15) is 0 Å². The molecule has 0 nitrogen and oxygen atoms in total. The van der Waals surface area contributed by atoms with Crippen LogP contribution in [0.3, 0.4) is 0 Å². The molecule has 12 aromatic rings. The average Bonchev–Trinajstić information content (AvgIpc) is 4.29. The summed E-state index contributed by atoms with van der Waals surface area (Å²) in [5.41, 5.74) is 16.2. The van der Waals surface area contributed by atoms with Crippen LogP contribution in [0.2, 0.25) is 26.2 Å². The smallest absolute Gasteiger partial charge is 1.00 e. The van der Waals surface area contributed by atoms with Gasteiger partial charge in [0.05, 0.1) is 0 Å². The van der Waals surface area contributed by atoms with Crippen LogP contribution in [0.5, 0.6) is 0 Å². The number of halogens is 2. The van der Waals surface area contributed by atoms with Gasteiger partial charge in [0.15, 0.2) is 0 Å². The number of hydrogen-bond donors (Lipinski definition) is 0. The Morgan fingerprint density at radius 3 is 0.628 bits per heavy atom. The van der Waals surface area contributed by atoms with Gasteiger partial charge in [0.2, 0.25) is 0 Å². The molecule has 0 aliphatic carbocycles. The van der Waals surface area contributed by atoms with Gasteiger partial charge >= 0.3 is 76.9 Å². The molecule has 12 aromatic carbocycles. The summed E-state index contributed by atoms with van der Waals surface area (Å²) in [4.78, 5) is 0. The van der Waals surface area contributed by atoms with Gasteiger partial charge in [-0.1, -0.05) is 196 Å². The van der Waals surface area contributed by atoms with Crippen LogP contribution in [0.15, 0.2) is 243 Å². The first kappa shape index (κ1) is 63.5. The van der Waals surface area contributed by atoms with E-state index < -0.39 is 0 Å². The second-order valence-electron chi connectivity index (χ2n) is 19.6. The molecule has 0 aliphatic rings. The molecule has 0 saturated carbocycles. The minimum atomic E-state index is 0. The Hall–Kier alpha value is -5.36. The molecular weight excluding hydrogens is 1090 g/mol. The third-order valence-electron chi connectivity index (χ3n) is 13.2. The number of benzene rings is 8. The standard InChI is InChI=1S/4C17H15.2C2H6Si.2ClH.2Ti/c4*1-2-13-11-15-9-6-10-16(17(15)12-13)14-7-4-3-5-8-14;2*1-3-2;;;;/h4*3-12H,2H2,1H3;2*1-2H3;2*1H;;/q4*-1;;;;;2*+2/p-2. The van der Waals surface area contributed by atoms with E-state index >= 15 is 0 Å². The molecular formula is C72H72Cl2Si2Ti2-2. The summed E-state index contributed by atoms with van der Waals surface area (Å²) >= 11 is 4.54. The quantitative estimate of drug-likeness (QED) is 0.105. The first-order chi connectivity index (χ1) is 37.0. The average molecular weight is 1160 g/mol. The van der Waals surface area contributed by atoms with Crippen LogP contribution in [0.4, 0.5) is 0 Å². The zero-order chi connectivity index (χ0) is 53.8. The Bertz CT molecular complexity index is 3220. The summed E-state index contributed by atoms with van der Waals surface area (Å²) in [7, 11) is 0. The number of fused-ring (bicyclic) bond motifs is 4. The predicted octanol–water partition coefficient (Wildman–Crippen LogP) is 14.7. The van der Waals surface area contributed by atoms with Crippen molar-refractivity contribution in [1.82, 2.24) is 0 Å². The van der Waals surface area contributed by atoms with Crippen molar-refractivity contribution >= 4 is 55.5 Å². The zero-order valence-electron chi connectivity index (χ0n) is 46.7. The van der Waals surface area contributed by atoms with E-state index in [2.05, 4.69) is 335 Å². The van der Waals surface area contributed by atoms with E-state index in [1.807, 2.05) is 0 Å². The molecule has 0 spiro atoms. The van der Waals surface area contributed by atoms with E-state index in [-0.39, 0.29) is 37.2 Å². The Balaban J connectivity index is 0.000000181. The van der Waals surface area contributed by atoms with Crippen LogP contribution in [-0.4, -0.2) is 12.4 Å². The monoisotopic (exact) mass is 1160 g/mol. The fourth-order valence-electron chi connectivity index (χ4n) is 9.48. The van der Waals surface area contributed by atoms with E-state index in [0.29, 0.717) is 0 Å². The first-order valence-electron chi connectivity index (χ1n) is 27.0. The van der Waals surface area contributed by atoms with Crippen molar-refractivity contribution < 1.29 is 63.2 Å². The summed E-state index contributed by atoms with van der Waals surface area (Å²) in [5.74, 6) is 0. The van der Waals surface area contributed by atoms with Crippen molar-refractivity contribution in [2.24, 2.45) is 0 Å². The van der Waals surface area contributed by atoms with Gasteiger partial charge in [0.1, 0.15) is 0 Å². The normalized spacial score (nSPS) is 10.2. The first-order valence-corrected chi connectivity index (χ1v) is 36.7. The SMILES string of the molecule is CCc1cc2c(-c3ccccc3)cccc2[cH-]1.CCc1cc2c(-c3ccccc3)cccc2[cH-]1.CCc1cc2c(-c3ccccc3)cccc2[cH-]1.CCc1cc2c(-c3ccccc3)cccc2[cH-]1.C[Si](C)=[Ti+2].C[Si](C)=[Ti+2].[Cl-].[Cl-]. The molecule has 0 heterocycles. The van der Waals surface area contributed by atoms with Crippen LogP contribution in [0.1, 0.15) is 49.9 Å². The van der Waals surface area contributed by atoms with Crippen molar-refractivity contribution in [3.05, 3.63) is 265 Å². The van der Waals surface area contributed by atoms with Crippen LogP contribution < -0.4 is 24.8 Å². The summed E-state index contributed by atoms with van der Waals surface area (Å²) in [6.07, 6.45) is 4.64. The number of aryl methyl sites for hydroxylation is 4. The third-order valence-corrected chi connectivity index (χ3v) is 13.2. The molecule has 0 bridgehead atoms. The Morgan fingerprint density at radius 2 is 0.462 bits per heavy atom. The summed E-state index contributed by atoms with van der Waals surface area (Å²) in [5, 5.41) is 10.9. The van der Waals surface area contributed by atoms with Crippen molar-refractivity contribution in [2.75, 3.05) is 0 Å². The molecule has 6 heteroatoms. The second-order valence-corrected chi connectivity index (χ2v) is 32.9. The molecule has 0 aromatic heterocycles. The van der Waals surface area contributed by atoms with Crippen LogP contribution in [0.25, 0.3) is 87.6 Å². The molecule has 392 valence electrons. The Labute approximate surface area is 503 Å². The van der Waals surface area contributed by atoms with E-state index in [1.54, 1.807) is 0 Å². The molecule has 0 saturated heterocycles. The summed E-state index contributed by atoms with van der Waals surface area (Å²) in [6.45, 7) is 17.9. The third kappa shape index (κ3) is 17.8. The van der Waals surface area contributed by atoms with Gasteiger partial charge < -0.3 is 24.8 Å². The summed E-state index contributed by atoms with van der Waals surface area (Å²) < 4.78 is 0. The van der Waals surface area contributed by atoms with E-state index in [0.717, 1.165) is 25.7 Å². The minimum Gasteiger partial charge on any atom is -1.00 e. The largest absolute Gasteiger partial charge is 1.00 e. The van der Waals surface area contributed by atoms with Crippen LogP contribution >= 0.6 is 0 Å². The van der Waals surface area contributed by atoms with Crippen LogP contribution in [0, 0.1) is 0 Å². The molecule has 0 N–H and O–H groups in total. The van der Waals surface area contributed by atoms with Crippen molar-refractivity contribution in [3.63, 3.8) is 0 Å². The van der Waals surface area contributed by atoms with Gasteiger partial charge in [-0.15, -0.1) is 138 Å². The molecule has 12 rings (SSSR count). The predicted molar refractivity (Wildman–Crippen MR) is 332 cm³/mol. The van der Waals surface area contributed by atoms with Gasteiger partial charge in [-0.2, -0.15) is 24.3 Å². The van der Waals surface area contributed by atoms with Crippen molar-refractivity contribution in [1.29, 1.82) is 0 Å². The van der Waals surface area contributed by atoms with Gasteiger partial charge in [-0.3, -0.25) is 0 Å². The van der Waals surface area contributed by atoms with Crippen LogP contribution in [-0.2, 0) is 64.0 Å². The zero-order valence-corrected chi connectivity index (χ0v) is 53.3. The van der Waals surface area contributed by atoms with Gasteiger partial charge in [-0.25, -0.2) is 0 Å². The molecule has 0 amide bonds. The van der Waals surface area contributed by atoms with Crippen molar-refractivity contribution in [2.45, 2.75) is 79.6 Å². The van der Waals surface area contributed by atoms with E-state index in [4.69, 9.17) is 0 Å². The molecule has 0 unspecified atom stereocenters. The second kappa shape index (κ2) is 32.7. The van der Waals surface area contributed by atoms with Crippen molar-refractivity contribution in [3.8, 4) is 44.5 Å². The fourth-order valence-corrected chi connectivity index (χ4v) is 9.48. The van der Waals surface area contributed by atoms with Gasteiger partial charge in [0, 0.05) is 0 Å².